The normalized spacial score (nSPS) is 15.5. The number of nitrogen functional groups attached to an aromatic ring is 1. The van der Waals surface area contributed by atoms with Gasteiger partial charge < -0.3 is 11.1 Å². The molecule has 0 heterocycles. The molecule has 1 fully saturated rings. The average molecular weight is 280 g/mol. The van der Waals surface area contributed by atoms with Crippen LogP contribution in [0.4, 0.5) is 11.4 Å². The van der Waals surface area contributed by atoms with E-state index in [2.05, 4.69) is 5.32 Å². The molecule has 0 aromatic heterocycles. The Kier molecular flexibility index (Phi) is 3.20. The smallest absolute Gasteiger partial charge is 0.235 e. The highest BCUT2D eigenvalue weighted by Crippen LogP contribution is 2.49. The van der Waals surface area contributed by atoms with Gasteiger partial charge in [-0.3, -0.25) is 4.79 Å². The van der Waals surface area contributed by atoms with Crippen LogP contribution < -0.4 is 11.1 Å². The lowest BCUT2D eigenvalue weighted by atomic mass is 9.94. The molecule has 0 atom stereocenters. The highest BCUT2D eigenvalue weighted by Gasteiger charge is 2.51. The standard InChI is InChI=1S/C18H20N2O/c1-12-8-9-15(19)16(13(12)2)20-17(21)18(10-11-18)14-6-4-3-5-7-14/h3-9H,10-11,19H2,1-2H3,(H,20,21). The van der Waals surface area contributed by atoms with Crippen LogP contribution in [0.1, 0.15) is 29.5 Å². The van der Waals surface area contributed by atoms with Gasteiger partial charge in [0.25, 0.3) is 0 Å². The fourth-order valence-electron chi connectivity index (χ4n) is 2.76. The number of hydrogen-bond donors (Lipinski definition) is 2. The molecule has 0 spiro atoms. The van der Waals surface area contributed by atoms with E-state index in [4.69, 9.17) is 5.73 Å². The molecule has 0 unspecified atom stereocenters. The van der Waals surface area contributed by atoms with E-state index in [1.807, 2.05) is 56.3 Å². The number of aryl methyl sites for hydroxylation is 1. The third kappa shape index (κ3) is 2.29. The zero-order chi connectivity index (χ0) is 15.0. The van der Waals surface area contributed by atoms with Crippen molar-refractivity contribution < 1.29 is 4.79 Å². The summed E-state index contributed by atoms with van der Waals surface area (Å²) in [6, 6.07) is 13.8. The third-order valence-corrected chi connectivity index (χ3v) is 4.52. The van der Waals surface area contributed by atoms with Gasteiger partial charge in [0.2, 0.25) is 5.91 Å². The summed E-state index contributed by atoms with van der Waals surface area (Å²) >= 11 is 0. The maximum absolute atomic E-state index is 12.7. The van der Waals surface area contributed by atoms with Crippen LogP contribution >= 0.6 is 0 Å². The fourth-order valence-corrected chi connectivity index (χ4v) is 2.76. The van der Waals surface area contributed by atoms with Gasteiger partial charge in [-0.25, -0.2) is 0 Å². The van der Waals surface area contributed by atoms with Crippen molar-refractivity contribution in [2.45, 2.75) is 32.1 Å². The Hall–Kier alpha value is -2.29. The van der Waals surface area contributed by atoms with Gasteiger partial charge in [-0.05, 0) is 49.4 Å². The van der Waals surface area contributed by atoms with Crippen LogP contribution in [0.2, 0.25) is 0 Å². The van der Waals surface area contributed by atoms with E-state index in [1.54, 1.807) is 0 Å². The van der Waals surface area contributed by atoms with Crippen LogP contribution in [0.15, 0.2) is 42.5 Å². The Bertz CT molecular complexity index is 688. The Labute approximate surface area is 125 Å². The first kappa shape index (κ1) is 13.7. The number of benzene rings is 2. The predicted molar refractivity (Wildman–Crippen MR) is 86.3 cm³/mol. The van der Waals surface area contributed by atoms with Crippen LogP contribution in [-0.2, 0) is 10.2 Å². The third-order valence-electron chi connectivity index (χ3n) is 4.52. The minimum atomic E-state index is -0.371. The number of carbonyl (C=O) groups is 1. The van der Waals surface area contributed by atoms with Crippen molar-refractivity contribution in [2.24, 2.45) is 0 Å². The molecule has 0 radical (unpaired) electrons. The molecule has 1 amide bonds. The number of anilines is 2. The minimum Gasteiger partial charge on any atom is -0.397 e. The zero-order valence-corrected chi connectivity index (χ0v) is 12.4. The monoisotopic (exact) mass is 280 g/mol. The van der Waals surface area contributed by atoms with Gasteiger partial charge >= 0.3 is 0 Å². The second-order valence-corrected chi connectivity index (χ2v) is 5.87. The van der Waals surface area contributed by atoms with Gasteiger partial charge in [0.1, 0.15) is 0 Å². The molecule has 2 aromatic rings. The van der Waals surface area contributed by atoms with E-state index in [-0.39, 0.29) is 11.3 Å². The molecule has 1 aliphatic rings. The van der Waals surface area contributed by atoms with Gasteiger partial charge in [0.05, 0.1) is 16.8 Å². The van der Waals surface area contributed by atoms with Crippen molar-refractivity contribution in [1.82, 2.24) is 0 Å². The molecule has 3 rings (SSSR count). The maximum Gasteiger partial charge on any atom is 0.235 e. The van der Waals surface area contributed by atoms with Gasteiger partial charge in [-0.1, -0.05) is 36.4 Å². The Balaban J connectivity index is 1.90. The number of carbonyl (C=O) groups excluding carboxylic acids is 1. The highest BCUT2D eigenvalue weighted by atomic mass is 16.2. The molecule has 2 aromatic carbocycles. The summed E-state index contributed by atoms with van der Waals surface area (Å²) in [7, 11) is 0. The van der Waals surface area contributed by atoms with Crippen molar-refractivity contribution in [2.75, 3.05) is 11.1 Å². The van der Waals surface area contributed by atoms with Gasteiger partial charge in [-0.15, -0.1) is 0 Å². The summed E-state index contributed by atoms with van der Waals surface area (Å²) in [6.07, 6.45) is 1.79. The van der Waals surface area contributed by atoms with Crippen molar-refractivity contribution in [3.05, 3.63) is 59.2 Å². The largest absolute Gasteiger partial charge is 0.397 e. The van der Waals surface area contributed by atoms with Gasteiger partial charge in [0.15, 0.2) is 0 Å². The van der Waals surface area contributed by atoms with Gasteiger partial charge in [-0.2, -0.15) is 0 Å². The van der Waals surface area contributed by atoms with Crippen LogP contribution in [0, 0.1) is 13.8 Å². The molecular formula is C18H20N2O. The summed E-state index contributed by atoms with van der Waals surface area (Å²) in [5.74, 6) is 0.0501. The molecule has 0 aliphatic heterocycles. The van der Waals surface area contributed by atoms with Crippen LogP contribution in [0.5, 0.6) is 0 Å². The van der Waals surface area contributed by atoms with Crippen LogP contribution in [-0.4, -0.2) is 5.91 Å². The first-order valence-electron chi connectivity index (χ1n) is 7.27. The minimum absolute atomic E-state index is 0.0501. The Morgan fingerprint density at radius 1 is 1.10 bits per heavy atom. The van der Waals surface area contributed by atoms with Gasteiger partial charge in [0, 0.05) is 0 Å². The van der Waals surface area contributed by atoms with Crippen molar-refractivity contribution in [3.8, 4) is 0 Å². The molecule has 21 heavy (non-hydrogen) atoms. The molecule has 1 saturated carbocycles. The lowest BCUT2D eigenvalue weighted by Crippen LogP contribution is -2.28. The second kappa shape index (κ2) is 4.92. The lowest BCUT2D eigenvalue weighted by molar-refractivity contribution is -0.118. The molecule has 1 aliphatic carbocycles. The fraction of sp³-hybridized carbons (Fsp3) is 0.278. The summed E-state index contributed by atoms with van der Waals surface area (Å²) in [5.41, 5.74) is 10.3. The SMILES string of the molecule is Cc1ccc(N)c(NC(=O)C2(c3ccccc3)CC2)c1C. The first-order chi connectivity index (χ1) is 10.0. The summed E-state index contributed by atoms with van der Waals surface area (Å²) < 4.78 is 0. The summed E-state index contributed by atoms with van der Waals surface area (Å²) in [6.45, 7) is 4.01. The number of rotatable bonds is 3. The van der Waals surface area contributed by atoms with Crippen LogP contribution in [0.25, 0.3) is 0 Å². The number of nitrogens with one attached hydrogen (secondary N) is 1. The molecular weight excluding hydrogens is 260 g/mol. The molecule has 3 N–H and O–H groups in total. The molecule has 3 heteroatoms. The molecule has 0 bridgehead atoms. The molecule has 108 valence electrons. The summed E-state index contributed by atoms with van der Waals surface area (Å²) in [5, 5.41) is 3.06. The van der Waals surface area contributed by atoms with E-state index in [9.17, 15) is 4.79 Å². The zero-order valence-electron chi connectivity index (χ0n) is 12.4. The highest BCUT2D eigenvalue weighted by molar-refractivity contribution is 6.03. The second-order valence-electron chi connectivity index (χ2n) is 5.87. The first-order valence-corrected chi connectivity index (χ1v) is 7.27. The van der Waals surface area contributed by atoms with E-state index >= 15 is 0 Å². The average Bonchev–Trinajstić information content (AvgIpc) is 3.30. The Morgan fingerprint density at radius 2 is 1.76 bits per heavy atom. The Morgan fingerprint density at radius 3 is 2.38 bits per heavy atom. The lowest BCUT2D eigenvalue weighted by Gasteiger charge is -2.19. The van der Waals surface area contributed by atoms with E-state index < -0.39 is 0 Å². The quantitative estimate of drug-likeness (QED) is 0.845. The van der Waals surface area contributed by atoms with E-state index in [1.165, 1.54) is 0 Å². The molecule has 0 saturated heterocycles. The predicted octanol–water partition coefficient (Wildman–Crippen LogP) is 3.56. The number of hydrogen-bond acceptors (Lipinski definition) is 2. The number of nitrogens with two attached hydrogens (primary N) is 1. The van der Waals surface area contributed by atoms with Crippen molar-refractivity contribution >= 4 is 17.3 Å². The maximum atomic E-state index is 12.7. The summed E-state index contributed by atoms with van der Waals surface area (Å²) in [4.78, 5) is 12.7. The van der Waals surface area contributed by atoms with Crippen LogP contribution in [0.3, 0.4) is 0 Å². The molecule has 3 nitrogen and oxygen atoms in total. The van der Waals surface area contributed by atoms with Crippen molar-refractivity contribution in [1.29, 1.82) is 0 Å². The van der Waals surface area contributed by atoms with E-state index in [0.29, 0.717) is 5.69 Å². The topological polar surface area (TPSA) is 55.1 Å². The van der Waals surface area contributed by atoms with Crippen molar-refractivity contribution in [3.63, 3.8) is 0 Å². The number of amides is 1. The van der Waals surface area contributed by atoms with E-state index in [0.717, 1.165) is 35.2 Å².